The van der Waals surface area contributed by atoms with Crippen LogP contribution < -0.4 is 5.73 Å². The van der Waals surface area contributed by atoms with Crippen LogP contribution in [0.4, 0.5) is 8.78 Å². The quantitative estimate of drug-likeness (QED) is 0.795. The molecule has 0 spiro atoms. The molecule has 0 aromatic heterocycles. The molecule has 0 aliphatic rings. The van der Waals surface area contributed by atoms with Crippen LogP contribution in [-0.2, 0) is 16.0 Å². The van der Waals surface area contributed by atoms with Crippen molar-refractivity contribution < 1.29 is 18.3 Å². The zero-order valence-electron chi connectivity index (χ0n) is 10.3. The molecule has 100 valence electrons. The van der Waals surface area contributed by atoms with Crippen molar-refractivity contribution in [3.63, 3.8) is 0 Å². The van der Waals surface area contributed by atoms with E-state index >= 15 is 0 Å². The molecule has 0 radical (unpaired) electrons. The number of benzene rings is 1. The highest BCUT2D eigenvalue weighted by Crippen LogP contribution is 2.14. The van der Waals surface area contributed by atoms with E-state index in [0.29, 0.717) is 13.0 Å². The number of halogens is 2. The minimum absolute atomic E-state index is 0.186. The van der Waals surface area contributed by atoms with Crippen LogP contribution in [0.15, 0.2) is 18.2 Å². The minimum atomic E-state index is -0.884. The van der Waals surface area contributed by atoms with E-state index in [1.165, 1.54) is 12.1 Å². The molecule has 1 atom stereocenters. The third kappa shape index (κ3) is 4.41. The summed E-state index contributed by atoms with van der Waals surface area (Å²) in [6, 6.07) is 3.59. The highest BCUT2D eigenvalue weighted by Gasteiger charge is 2.13. The van der Waals surface area contributed by atoms with Crippen LogP contribution in [0.25, 0.3) is 0 Å². The maximum Gasteiger partial charge on any atom is 0.305 e. The predicted octanol–water partition coefficient (Wildman–Crippen LogP) is 2.18. The lowest BCUT2D eigenvalue weighted by Crippen LogP contribution is -2.24. The SMILES string of the molecule is CCOC(=O)CCC(N)Cc1cccc(F)c1F. The van der Waals surface area contributed by atoms with E-state index in [1.54, 1.807) is 6.92 Å². The van der Waals surface area contributed by atoms with Crippen LogP contribution in [-0.4, -0.2) is 18.6 Å². The van der Waals surface area contributed by atoms with E-state index in [-0.39, 0.29) is 24.4 Å². The Hall–Kier alpha value is -1.49. The number of carbonyl (C=O) groups is 1. The van der Waals surface area contributed by atoms with Gasteiger partial charge in [0.1, 0.15) is 0 Å². The third-order valence-corrected chi connectivity index (χ3v) is 2.54. The van der Waals surface area contributed by atoms with E-state index in [9.17, 15) is 13.6 Å². The molecule has 1 unspecified atom stereocenters. The molecule has 1 aromatic carbocycles. The van der Waals surface area contributed by atoms with Gasteiger partial charge in [-0.15, -0.1) is 0 Å². The number of ether oxygens (including phenoxy) is 1. The summed E-state index contributed by atoms with van der Waals surface area (Å²) in [5.74, 6) is -2.08. The first-order valence-electron chi connectivity index (χ1n) is 5.88. The van der Waals surface area contributed by atoms with Gasteiger partial charge in [0.25, 0.3) is 0 Å². The molecule has 0 aliphatic carbocycles. The second-order valence-electron chi connectivity index (χ2n) is 4.02. The summed E-state index contributed by atoms with van der Waals surface area (Å²) < 4.78 is 31.1. The standard InChI is InChI=1S/C13H17F2NO2/c1-2-18-12(17)7-6-10(16)8-9-4-3-5-11(14)13(9)15/h3-5,10H,2,6-8,16H2,1H3. The van der Waals surface area contributed by atoms with Crippen LogP contribution in [0.3, 0.4) is 0 Å². The van der Waals surface area contributed by atoms with E-state index in [2.05, 4.69) is 0 Å². The summed E-state index contributed by atoms with van der Waals surface area (Å²) in [5.41, 5.74) is 6.00. The zero-order valence-corrected chi connectivity index (χ0v) is 10.3. The monoisotopic (exact) mass is 257 g/mol. The van der Waals surface area contributed by atoms with Crippen LogP contribution in [0.5, 0.6) is 0 Å². The van der Waals surface area contributed by atoms with Crippen molar-refractivity contribution in [1.82, 2.24) is 0 Å². The molecule has 5 heteroatoms. The van der Waals surface area contributed by atoms with Crippen molar-refractivity contribution in [3.8, 4) is 0 Å². The third-order valence-electron chi connectivity index (χ3n) is 2.54. The molecular formula is C13H17F2NO2. The smallest absolute Gasteiger partial charge is 0.305 e. The van der Waals surface area contributed by atoms with Gasteiger partial charge in [-0.25, -0.2) is 8.78 Å². The lowest BCUT2D eigenvalue weighted by molar-refractivity contribution is -0.143. The molecule has 0 saturated carbocycles. The highest BCUT2D eigenvalue weighted by atomic mass is 19.2. The first kappa shape index (κ1) is 14.6. The first-order valence-corrected chi connectivity index (χ1v) is 5.88. The molecule has 2 N–H and O–H groups in total. The fourth-order valence-electron chi connectivity index (χ4n) is 1.63. The fourth-order valence-corrected chi connectivity index (χ4v) is 1.63. The van der Waals surface area contributed by atoms with Gasteiger partial charge in [0.05, 0.1) is 6.61 Å². The van der Waals surface area contributed by atoms with E-state index in [4.69, 9.17) is 10.5 Å². The Morgan fingerprint density at radius 3 is 2.83 bits per heavy atom. The van der Waals surface area contributed by atoms with Gasteiger partial charge < -0.3 is 10.5 Å². The van der Waals surface area contributed by atoms with Gasteiger partial charge >= 0.3 is 5.97 Å². The Morgan fingerprint density at radius 1 is 1.44 bits per heavy atom. The molecular weight excluding hydrogens is 240 g/mol. The summed E-state index contributed by atoms with van der Waals surface area (Å²) in [4.78, 5) is 11.1. The number of esters is 1. The van der Waals surface area contributed by atoms with Gasteiger partial charge in [-0.3, -0.25) is 4.79 Å². The second kappa shape index (κ2) is 7.06. The van der Waals surface area contributed by atoms with Crippen LogP contribution in [0.1, 0.15) is 25.3 Å². The summed E-state index contributed by atoms with van der Waals surface area (Å²) in [7, 11) is 0. The van der Waals surface area contributed by atoms with Gasteiger partial charge in [-0.2, -0.15) is 0 Å². The average Bonchev–Trinajstić information content (AvgIpc) is 2.33. The lowest BCUT2D eigenvalue weighted by Gasteiger charge is -2.12. The van der Waals surface area contributed by atoms with Gasteiger partial charge in [-0.1, -0.05) is 12.1 Å². The fraction of sp³-hybridized carbons (Fsp3) is 0.462. The van der Waals surface area contributed by atoms with Gasteiger partial charge in [0.2, 0.25) is 0 Å². The Labute approximate surface area is 105 Å². The van der Waals surface area contributed by atoms with Crippen molar-refractivity contribution in [1.29, 1.82) is 0 Å². The molecule has 1 aromatic rings. The van der Waals surface area contributed by atoms with Crippen molar-refractivity contribution in [3.05, 3.63) is 35.4 Å². The Kier molecular flexibility index (Phi) is 5.71. The van der Waals surface area contributed by atoms with E-state index in [1.807, 2.05) is 0 Å². The van der Waals surface area contributed by atoms with Gasteiger partial charge in [-0.05, 0) is 31.4 Å². The van der Waals surface area contributed by atoms with Crippen LogP contribution >= 0.6 is 0 Å². The van der Waals surface area contributed by atoms with Crippen molar-refractivity contribution in [2.24, 2.45) is 5.73 Å². The predicted molar refractivity (Wildman–Crippen MR) is 63.9 cm³/mol. The van der Waals surface area contributed by atoms with Crippen LogP contribution in [0, 0.1) is 11.6 Å². The molecule has 0 amide bonds. The molecule has 0 saturated heterocycles. The molecule has 0 fully saturated rings. The van der Waals surface area contributed by atoms with Crippen LogP contribution in [0.2, 0.25) is 0 Å². The first-order chi connectivity index (χ1) is 8.54. The van der Waals surface area contributed by atoms with Gasteiger partial charge in [0.15, 0.2) is 11.6 Å². The number of carbonyl (C=O) groups excluding carboxylic acids is 1. The molecule has 0 bridgehead atoms. The Morgan fingerprint density at radius 2 is 2.17 bits per heavy atom. The Bertz CT molecular complexity index is 410. The summed E-state index contributed by atoms with van der Waals surface area (Å²) in [6.45, 7) is 2.05. The zero-order chi connectivity index (χ0) is 13.5. The summed E-state index contributed by atoms with van der Waals surface area (Å²) in [5, 5.41) is 0. The summed E-state index contributed by atoms with van der Waals surface area (Å²) in [6.07, 6.45) is 0.768. The largest absolute Gasteiger partial charge is 0.466 e. The van der Waals surface area contributed by atoms with E-state index in [0.717, 1.165) is 6.07 Å². The summed E-state index contributed by atoms with van der Waals surface area (Å²) >= 11 is 0. The topological polar surface area (TPSA) is 52.3 Å². The maximum atomic E-state index is 13.4. The number of rotatable bonds is 6. The van der Waals surface area contributed by atoms with Crippen molar-refractivity contribution in [2.75, 3.05) is 6.61 Å². The van der Waals surface area contributed by atoms with Gasteiger partial charge in [0, 0.05) is 12.5 Å². The normalized spacial score (nSPS) is 12.2. The van der Waals surface area contributed by atoms with E-state index < -0.39 is 17.7 Å². The maximum absolute atomic E-state index is 13.4. The molecule has 1 rings (SSSR count). The molecule has 0 heterocycles. The Balaban J connectivity index is 2.47. The molecule has 0 aliphatic heterocycles. The lowest BCUT2D eigenvalue weighted by atomic mass is 10.0. The van der Waals surface area contributed by atoms with Crippen molar-refractivity contribution >= 4 is 5.97 Å². The molecule has 18 heavy (non-hydrogen) atoms. The molecule has 3 nitrogen and oxygen atoms in total. The average molecular weight is 257 g/mol. The second-order valence-corrected chi connectivity index (χ2v) is 4.02. The number of nitrogens with two attached hydrogens (primary N) is 1. The van der Waals surface area contributed by atoms with Crippen molar-refractivity contribution in [2.45, 2.75) is 32.2 Å². The highest BCUT2D eigenvalue weighted by molar-refractivity contribution is 5.69. The number of hydrogen-bond acceptors (Lipinski definition) is 3. The minimum Gasteiger partial charge on any atom is -0.466 e. The number of hydrogen-bond donors (Lipinski definition) is 1.